The van der Waals surface area contributed by atoms with E-state index < -0.39 is 23.2 Å². The fourth-order valence-corrected chi connectivity index (χ4v) is 3.47. The molecule has 2 heterocycles. The van der Waals surface area contributed by atoms with Gasteiger partial charge in [-0.05, 0) is 36.2 Å². The predicted molar refractivity (Wildman–Crippen MR) is 120 cm³/mol. The minimum absolute atomic E-state index is 0.268. The number of carbonyl (C=O) groups is 1. The van der Waals surface area contributed by atoms with Gasteiger partial charge in [0.25, 0.3) is 11.5 Å². The zero-order chi connectivity index (χ0) is 23.5. The number of nitrogens with one attached hydrogen (secondary N) is 4. The van der Waals surface area contributed by atoms with Crippen molar-refractivity contribution >= 4 is 11.6 Å². The van der Waals surface area contributed by atoms with E-state index in [0.29, 0.717) is 12.1 Å². The average molecular weight is 449 g/mol. The van der Waals surface area contributed by atoms with Gasteiger partial charge in [0.15, 0.2) is 6.54 Å². The second kappa shape index (κ2) is 8.95. The lowest BCUT2D eigenvalue weighted by Crippen LogP contribution is -2.35. The normalized spacial score (nSPS) is 11.8. The van der Waals surface area contributed by atoms with Crippen LogP contribution in [0.2, 0.25) is 0 Å². The van der Waals surface area contributed by atoms with E-state index in [9.17, 15) is 18.8 Å². The molecule has 4 aromatic rings. The van der Waals surface area contributed by atoms with Gasteiger partial charge in [0, 0.05) is 0 Å². The minimum Gasteiger partial charge on any atom is -0.392 e. The van der Waals surface area contributed by atoms with Crippen molar-refractivity contribution in [2.24, 2.45) is 0 Å². The van der Waals surface area contributed by atoms with E-state index in [1.807, 2.05) is 41.6 Å². The molecule has 0 saturated carbocycles. The van der Waals surface area contributed by atoms with Crippen LogP contribution >= 0.6 is 0 Å². The SMILES string of the molecule is C[C@@H](NC(=O)c1[nH]c(=O)[nH]c(=O)c1N)c1cccc(-c2c[nH][n+](Cc3ccccc3F)c2)c1. The average Bonchev–Trinajstić information content (AvgIpc) is 3.26. The molecule has 2 aromatic heterocycles. The standard InChI is InChI=1S/C23H21FN6O3/c1-13(27-22(32)20-19(25)21(31)29-23(33)28-20)14-6-4-7-15(9-14)17-10-26-30(12-17)11-16-5-2-3-8-18(16)24/h2-10,12-13H,11H2,1H3,(H5,25,27,28,29,31,32,33)/p+1/t13-/m1/s1. The van der Waals surface area contributed by atoms with E-state index in [1.54, 1.807) is 29.8 Å². The summed E-state index contributed by atoms with van der Waals surface area (Å²) < 4.78 is 15.7. The number of rotatable bonds is 6. The lowest BCUT2D eigenvalue weighted by atomic mass is 10.0. The molecule has 0 saturated heterocycles. The Morgan fingerprint density at radius 3 is 2.70 bits per heavy atom. The first-order valence-electron chi connectivity index (χ1n) is 10.2. The molecule has 0 radical (unpaired) electrons. The molecule has 1 atom stereocenters. The van der Waals surface area contributed by atoms with Crippen LogP contribution in [-0.4, -0.2) is 21.0 Å². The van der Waals surface area contributed by atoms with Gasteiger partial charge in [-0.3, -0.25) is 14.6 Å². The van der Waals surface area contributed by atoms with Gasteiger partial charge in [-0.25, -0.2) is 9.18 Å². The van der Waals surface area contributed by atoms with E-state index in [2.05, 4.69) is 15.4 Å². The predicted octanol–water partition coefficient (Wildman–Crippen LogP) is 1.61. The Kier molecular flexibility index (Phi) is 5.90. The number of aromatic nitrogens is 4. The third-order valence-electron chi connectivity index (χ3n) is 5.25. The molecule has 0 bridgehead atoms. The summed E-state index contributed by atoms with van der Waals surface area (Å²) in [6.07, 6.45) is 3.68. The van der Waals surface area contributed by atoms with Crippen molar-refractivity contribution in [1.29, 1.82) is 0 Å². The molecular weight excluding hydrogens is 427 g/mol. The lowest BCUT2D eigenvalue weighted by molar-refractivity contribution is -0.742. The molecular formula is C23H22FN6O3+. The quantitative estimate of drug-likeness (QED) is 0.285. The van der Waals surface area contributed by atoms with E-state index >= 15 is 0 Å². The van der Waals surface area contributed by atoms with Gasteiger partial charge in [0.1, 0.15) is 17.2 Å². The van der Waals surface area contributed by atoms with E-state index in [1.165, 1.54) is 6.07 Å². The number of carbonyl (C=O) groups excluding carboxylic acids is 1. The number of anilines is 1. The maximum Gasteiger partial charge on any atom is 0.326 e. The Bertz CT molecular complexity index is 1440. The van der Waals surface area contributed by atoms with Crippen molar-refractivity contribution in [2.45, 2.75) is 19.5 Å². The van der Waals surface area contributed by atoms with Gasteiger partial charge < -0.3 is 16.0 Å². The van der Waals surface area contributed by atoms with Crippen LogP contribution in [0.5, 0.6) is 0 Å². The Morgan fingerprint density at radius 1 is 1.12 bits per heavy atom. The second-order valence-corrected chi connectivity index (χ2v) is 7.59. The highest BCUT2D eigenvalue weighted by atomic mass is 19.1. The van der Waals surface area contributed by atoms with Crippen molar-refractivity contribution in [1.82, 2.24) is 20.4 Å². The summed E-state index contributed by atoms with van der Waals surface area (Å²) in [6, 6.07) is 13.7. The van der Waals surface area contributed by atoms with Crippen molar-refractivity contribution in [2.75, 3.05) is 5.73 Å². The summed E-state index contributed by atoms with van der Waals surface area (Å²) in [4.78, 5) is 39.9. The molecule has 0 aliphatic rings. The molecule has 33 heavy (non-hydrogen) atoms. The first-order valence-corrected chi connectivity index (χ1v) is 10.2. The fourth-order valence-electron chi connectivity index (χ4n) is 3.47. The third-order valence-corrected chi connectivity index (χ3v) is 5.25. The summed E-state index contributed by atoms with van der Waals surface area (Å²) in [5, 5.41) is 5.83. The molecule has 0 aliphatic carbocycles. The molecule has 0 unspecified atom stereocenters. The van der Waals surface area contributed by atoms with Gasteiger partial charge >= 0.3 is 5.69 Å². The Morgan fingerprint density at radius 2 is 1.91 bits per heavy atom. The van der Waals surface area contributed by atoms with Crippen LogP contribution in [0.4, 0.5) is 10.1 Å². The van der Waals surface area contributed by atoms with Crippen LogP contribution in [0.15, 0.2) is 70.5 Å². The smallest absolute Gasteiger partial charge is 0.326 e. The van der Waals surface area contributed by atoms with Crippen LogP contribution in [0.3, 0.4) is 0 Å². The van der Waals surface area contributed by atoms with Crippen molar-refractivity contribution in [3.8, 4) is 11.1 Å². The first-order chi connectivity index (χ1) is 15.8. The van der Waals surface area contributed by atoms with Gasteiger partial charge in [-0.2, -0.15) is 5.10 Å². The summed E-state index contributed by atoms with van der Waals surface area (Å²) in [5.41, 5.74) is 6.49. The number of hydrogen-bond donors (Lipinski definition) is 5. The van der Waals surface area contributed by atoms with E-state index in [0.717, 1.165) is 16.7 Å². The van der Waals surface area contributed by atoms with Crippen LogP contribution in [0.25, 0.3) is 11.1 Å². The van der Waals surface area contributed by atoms with Gasteiger partial charge in [-0.1, -0.05) is 30.3 Å². The maximum atomic E-state index is 13.9. The number of nitrogens with two attached hydrogens (primary N) is 1. The molecule has 4 rings (SSSR count). The Balaban J connectivity index is 1.52. The van der Waals surface area contributed by atoms with E-state index in [-0.39, 0.29) is 17.2 Å². The molecule has 2 aromatic carbocycles. The number of aromatic amines is 3. The first kappa shape index (κ1) is 21.8. The number of amides is 1. The van der Waals surface area contributed by atoms with Gasteiger partial charge in [0.05, 0.1) is 23.4 Å². The summed E-state index contributed by atoms with van der Waals surface area (Å²) in [7, 11) is 0. The molecule has 6 N–H and O–H groups in total. The van der Waals surface area contributed by atoms with Gasteiger partial charge in [0.2, 0.25) is 6.20 Å². The molecule has 10 heteroatoms. The number of nitrogens with zero attached hydrogens (tertiary/aromatic N) is 1. The van der Waals surface area contributed by atoms with Crippen molar-refractivity contribution < 1.29 is 13.9 Å². The number of nitrogen functional groups attached to an aromatic ring is 1. The number of H-pyrrole nitrogens is 3. The zero-order valence-electron chi connectivity index (χ0n) is 17.7. The van der Waals surface area contributed by atoms with Gasteiger partial charge in [-0.15, -0.1) is 4.68 Å². The Labute approximate surface area is 187 Å². The molecule has 1 amide bonds. The second-order valence-electron chi connectivity index (χ2n) is 7.59. The lowest BCUT2D eigenvalue weighted by Gasteiger charge is -2.15. The fraction of sp³-hybridized carbons (Fsp3) is 0.130. The number of benzene rings is 2. The molecule has 0 aliphatic heterocycles. The largest absolute Gasteiger partial charge is 0.392 e. The van der Waals surface area contributed by atoms with E-state index in [4.69, 9.17) is 5.73 Å². The highest BCUT2D eigenvalue weighted by molar-refractivity contribution is 5.97. The third kappa shape index (κ3) is 4.74. The summed E-state index contributed by atoms with van der Waals surface area (Å²) in [5.74, 6) is -0.937. The van der Waals surface area contributed by atoms with Crippen LogP contribution in [0.1, 0.15) is 34.6 Å². The molecule has 0 fully saturated rings. The highest BCUT2D eigenvalue weighted by Crippen LogP contribution is 2.22. The molecule has 0 spiro atoms. The Hall–Kier alpha value is -4.47. The molecule has 9 nitrogen and oxygen atoms in total. The minimum atomic E-state index is -0.824. The topological polar surface area (TPSA) is 141 Å². The highest BCUT2D eigenvalue weighted by Gasteiger charge is 2.18. The van der Waals surface area contributed by atoms with Crippen LogP contribution < -0.4 is 27.0 Å². The molecule has 168 valence electrons. The van der Waals surface area contributed by atoms with Crippen molar-refractivity contribution in [3.05, 3.63) is 104 Å². The summed E-state index contributed by atoms with van der Waals surface area (Å²) in [6.45, 7) is 2.13. The van der Waals surface area contributed by atoms with Crippen LogP contribution in [0, 0.1) is 5.82 Å². The number of halogens is 1. The zero-order valence-corrected chi connectivity index (χ0v) is 17.7. The van der Waals surface area contributed by atoms with Crippen LogP contribution in [-0.2, 0) is 6.54 Å². The maximum absolute atomic E-state index is 13.9. The monoisotopic (exact) mass is 449 g/mol. The number of hydrogen-bond acceptors (Lipinski definition) is 4. The summed E-state index contributed by atoms with van der Waals surface area (Å²) >= 11 is 0. The van der Waals surface area contributed by atoms with Crippen molar-refractivity contribution in [3.63, 3.8) is 0 Å².